The highest BCUT2D eigenvalue weighted by Crippen LogP contribution is 2.27. The maximum Gasteiger partial charge on any atom is 0.191 e. The van der Waals surface area contributed by atoms with Crippen molar-refractivity contribution in [1.29, 1.82) is 0 Å². The Morgan fingerprint density at radius 3 is 2.80 bits per heavy atom. The Morgan fingerprint density at radius 1 is 1.20 bits per heavy atom. The summed E-state index contributed by atoms with van der Waals surface area (Å²) in [5, 5.41) is 8.12. The lowest BCUT2D eigenvalue weighted by molar-refractivity contribution is 0.0389. The molecule has 0 amide bonds. The SMILES string of the molecule is CN=C(NCCCc1nc2c(s1)CCCC2)NCCN1CCOCC1. The van der Waals surface area contributed by atoms with Gasteiger partial charge in [-0.15, -0.1) is 11.3 Å². The van der Waals surface area contributed by atoms with Crippen molar-refractivity contribution >= 4 is 17.3 Å². The third-order valence-corrected chi connectivity index (χ3v) is 6.01. The highest BCUT2D eigenvalue weighted by molar-refractivity contribution is 7.11. The van der Waals surface area contributed by atoms with E-state index in [-0.39, 0.29) is 0 Å². The fraction of sp³-hybridized carbons (Fsp3) is 0.778. The number of morpholine rings is 1. The fourth-order valence-corrected chi connectivity index (χ4v) is 4.54. The number of fused-ring (bicyclic) bond motifs is 1. The lowest BCUT2D eigenvalue weighted by Gasteiger charge is -2.26. The number of thiazole rings is 1. The Labute approximate surface area is 155 Å². The van der Waals surface area contributed by atoms with Crippen LogP contribution in [0.2, 0.25) is 0 Å². The molecule has 2 N–H and O–H groups in total. The molecule has 0 radical (unpaired) electrons. The summed E-state index contributed by atoms with van der Waals surface area (Å²) in [6.45, 7) is 6.66. The highest BCUT2D eigenvalue weighted by atomic mass is 32.1. The summed E-state index contributed by atoms with van der Waals surface area (Å²) < 4.78 is 5.37. The van der Waals surface area contributed by atoms with Crippen LogP contribution in [0.15, 0.2) is 4.99 Å². The first kappa shape index (κ1) is 18.6. The van der Waals surface area contributed by atoms with Gasteiger partial charge in [0, 0.05) is 51.1 Å². The Bertz CT molecular complexity index is 530. The van der Waals surface area contributed by atoms with E-state index < -0.39 is 0 Å². The normalized spacial score (nSPS) is 18.8. The van der Waals surface area contributed by atoms with Gasteiger partial charge in [0.25, 0.3) is 0 Å². The van der Waals surface area contributed by atoms with Gasteiger partial charge in [-0.3, -0.25) is 9.89 Å². The molecule has 140 valence electrons. The molecule has 0 bridgehead atoms. The summed E-state index contributed by atoms with van der Waals surface area (Å²) in [5.74, 6) is 0.895. The summed E-state index contributed by atoms with van der Waals surface area (Å²) in [4.78, 5) is 13.1. The van der Waals surface area contributed by atoms with E-state index in [1.54, 1.807) is 0 Å². The summed E-state index contributed by atoms with van der Waals surface area (Å²) in [6.07, 6.45) is 7.23. The molecule has 1 aromatic rings. The van der Waals surface area contributed by atoms with Crippen LogP contribution in [0.3, 0.4) is 0 Å². The van der Waals surface area contributed by atoms with Gasteiger partial charge in [-0.2, -0.15) is 0 Å². The van der Waals surface area contributed by atoms with Gasteiger partial charge in [-0.25, -0.2) is 4.98 Å². The molecule has 1 saturated heterocycles. The number of hydrogen-bond donors (Lipinski definition) is 2. The molecule has 6 nitrogen and oxygen atoms in total. The van der Waals surface area contributed by atoms with Crippen molar-refractivity contribution in [3.05, 3.63) is 15.6 Å². The van der Waals surface area contributed by atoms with Crippen LogP contribution in [0, 0.1) is 0 Å². The van der Waals surface area contributed by atoms with Crippen LogP contribution in [-0.2, 0) is 24.0 Å². The minimum absolute atomic E-state index is 0.854. The zero-order chi connectivity index (χ0) is 17.3. The van der Waals surface area contributed by atoms with Crippen molar-refractivity contribution in [2.75, 3.05) is 53.0 Å². The first-order valence-electron chi connectivity index (χ1n) is 9.57. The molecular weight excluding hydrogens is 334 g/mol. The molecule has 2 aliphatic rings. The Hall–Kier alpha value is -1.18. The van der Waals surface area contributed by atoms with Crippen LogP contribution in [0.1, 0.15) is 34.8 Å². The Balaban J connectivity index is 1.29. The van der Waals surface area contributed by atoms with Crippen molar-refractivity contribution in [3.63, 3.8) is 0 Å². The molecule has 1 aliphatic carbocycles. The number of hydrogen-bond acceptors (Lipinski definition) is 5. The van der Waals surface area contributed by atoms with Gasteiger partial charge in [0.15, 0.2) is 5.96 Å². The fourth-order valence-electron chi connectivity index (χ4n) is 3.34. The summed E-state index contributed by atoms with van der Waals surface area (Å²) in [7, 11) is 1.83. The quantitative estimate of drug-likeness (QED) is 0.435. The van der Waals surface area contributed by atoms with Crippen molar-refractivity contribution < 1.29 is 4.74 Å². The predicted octanol–water partition coefficient (Wildman–Crippen LogP) is 1.45. The third kappa shape index (κ3) is 5.94. The molecule has 7 heteroatoms. The van der Waals surface area contributed by atoms with Gasteiger partial charge >= 0.3 is 0 Å². The smallest absolute Gasteiger partial charge is 0.191 e. The summed E-state index contributed by atoms with van der Waals surface area (Å²) in [6, 6.07) is 0. The molecule has 0 unspecified atom stereocenters. The van der Waals surface area contributed by atoms with E-state index in [0.717, 1.165) is 64.7 Å². The number of rotatable bonds is 7. The van der Waals surface area contributed by atoms with Crippen molar-refractivity contribution in [2.45, 2.75) is 38.5 Å². The second-order valence-corrected chi connectivity index (χ2v) is 7.84. The Kier molecular flexibility index (Phi) is 7.51. The number of aliphatic imine (C=N–C) groups is 1. The largest absolute Gasteiger partial charge is 0.379 e. The minimum Gasteiger partial charge on any atom is -0.379 e. The first-order chi connectivity index (χ1) is 12.3. The molecule has 1 aromatic heterocycles. The second kappa shape index (κ2) is 10.1. The molecule has 0 atom stereocenters. The summed E-state index contributed by atoms with van der Waals surface area (Å²) in [5.41, 5.74) is 1.37. The number of guanidine groups is 1. The van der Waals surface area contributed by atoms with Gasteiger partial charge in [0.2, 0.25) is 0 Å². The zero-order valence-corrected chi connectivity index (χ0v) is 16.2. The van der Waals surface area contributed by atoms with Crippen molar-refractivity contribution in [1.82, 2.24) is 20.5 Å². The average molecular weight is 366 g/mol. The first-order valence-corrected chi connectivity index (χ1v) is 10.4. The van der Waals surface area contributed by atoms with Crippen LogP contribution in [0.5, 0.6) is 0 Å². The van der Waals surface area contributed by atoms with Gasteiger partial charge in [-0.1, -0.05) is 0 Å². The number of nitrogens with zero attached hydrogens (tertiary/aromatic N) is 3. The van der Waals surface area contributed by atoms with E-state index in [2.05, 4.69) is 20.5 Å². The molecule has 25 heavy (non-hydrogen) atoms. The van der Waals surface area contributed by atoms with Gasteiger partial charge in [-0.05, 0) is 32.1 Å². The second-order valence-electron chi connectivity index (χ2n) is 6.67. The molecule has 0 saturated carbocycles. The maximum absolute atomic E-state index is 5.37. The molecule has 1 fully saturated rings. The standard InChI is InChI=1S/C18H31N5OS/c1-19-18(21-9-10-23-11-13-24-14-12-23)20-8-4-7-17-22-15-5-2-3-6-16(15)25-17/h2-14H2,1H3,(H2,19,20,21). The topological polar surface area (TPSA) is 61.8 Å². The van der Waals surface area contributed by atoms with Crippen molar-refractivity contribution in [3.8, 4) is 0 Å². The van der Waals surface area contributed by atoms with E-state index in [4.69, 9.17) is 9.72 Å². The monoisotopic (exact) mass is 365 g/mol. The highest BCUT2D eigenvalue weighted by Gasteiger charge is 2.14. The number of nitrogens with one attached hydrogen (secondary N) is 2. The van der Waals surface area contributed by atoms with Gasteiger partial charge in [0.1, 0.15) is 0 Å². The lowest BCUT2D eigenvalue weighted by atomic mass is 10.0. The predicted molar refractivity (Wildman–Crippen MR) is 104 cm³/mol. The zero-order valence-electron chi connectivity index (χ0n) is 15.4. The van der Waals surface area contributed by atoms with Crippen molar-refractivity contribution in [2.24, 2.45) is 4.99 Å². The molecule has 3 rings (SSSR count). The average Bonchev–Trinajstić information content (AvgIpc) is 3.07. The number of aromatic nitrogens is 1. The number of aryl methyl sites for hydroxylation is 3. The molecule has 2 heterocycles. The van der Waals surface area contributed by atoms with Crippen LogP contribution in [0.25, 0.3) is 0 Å². The summed E-state index contributed by atoms with van der Waals surface area (Å²) >= 11 is 1.93. The van der Waals surface area contributed by atoms with Crippen LogP contribution in [0.4, 0.5) is 0 Å². The van der Waals surface area contributed by atoms with E-state index in [0.29, 0.717) is 0 Å². The van der Waals surface area contributed by atoms with E-state index in [1.807, 2.05) is 18.4 Å². The molecule has 0 spiro atoms. The number of ether oxygens (including phenoxy) is 1. The maximum atomic E-state index is 5.37. The lowest BCUT2D eigenvalue weighted by Crippen LogP contribution is -2.44. The molecular formula is C18H31N5OS. The van der Waals surface area contributed by atoms with E-state index >= 15 is 0 Å². The van der Waals surface area contributed by atoms with Gasteiger partial charge < -0.3 is 15.4 Å². The van der Waals surface area contributed by atoms with Crippen LogP contribution in [-0.4, -0.2) is 68.8 Å². The third-order valence-electron chi connectivity index (χ3n) is 4.80. The van der Waals surface area contributed by atoms with Crippen LogP contribution < -0.4 is 10.6 Å². The van der Waals surface area contributed by atoms with E-state index in [1.165, 1.54) is 41.3 Å². The molecule has 0 aromatic carbocycles. The molecule has 1 aliphatic heterocycles. The Morgan fingerprint density at radius 2 is 2.00 bits per heavy atom. The minimum atomic E-state index is 0.854. The van der Waals surface area contributed by atoms with Crippen LogP contribution >= 0.6 is 11.3 Å². The van der Waals surface area contributed by atoms with Gasteiger partial charge in [0.05, 0.1) is 23.9 Å². The van der Waals surface area contributed by atoms with E-state index in [9.17, 15) is 0 Å².